The zero-order valence-corrected chi connectivity index (χ0v) is 12.0. The van der Waals surface area contributed by atoms with Gasteiger partial charge in [-0.15, -0.1) is 0 Å². The molecule has 1 fully saturated rings. The van der Waals surface area contributed by atoms with Crippen LogP contribution < -0.4 is 5.32 Å². The number of nitrogens with one attached hydrogen (secondary N) is 1. The Bertz CT molecular complexity index is 336. The van der Waals surface area contributed by atoms with E-state index in [4.69, 9.17) is 4.74 Å². The second-order valence-electron chi connectivity index (χ2n) is 5.40. The summed E-state index contributed by atoms with van der Waals surface area (Å²) in [5.74, 6) is 0.780. The van der Waals surface area contributed by atoms with Crippen LogP contribution in [0, 0.1) is 5.92 Å². The summed E-state index contributed by atoms with van der Waals surface area (Å²) >= 11 is 0. The van der Waals surface area contributed by atoms with Crippen LogP contribution in [0.25, 0.3) is 0 Å². The quantitative estimate of drug-likeness (QED) is 0.820. The maximum absolute atomic E-state index is 5.48. The van der Waals surface area contributed by atoms with Gasteiger partial charge in [-0.05, 0) is 62.3 Å². The smallest absolute Gasteiger partial charge is 0.0469 e. The van der Waals surface area contributed by atoms with Gasteiger partial charge in [0, 0.05) is 31.6 Å². The fourth-order valence-electron chi connectivity index (χ4n) is 2.82. The Labute approximate surface area is 116 Å². The molecule has 3 nitrogen and oxygen atoms in total. The highest BCUT2D eigenvalue weighted by Crippen LogP contribution is 2.22. The first kappa shape index (κ1) is 14.5. The summed E-state index contributed by atoms with van der Waals surface area (Å²) in [4.78, 5) is 4.08. The van der Waals surface area contributed by atoms with Crippen molar-refractivity contribution in [3.8, 4) is 0 Å². The van der Waals surface area contributed by atoms with Crippen LogP contribution >= 0.6 is 0 Å². The van der Waals surface area contributed by atoms with Gasteiger partial charge < -0.3 is 10.1 Å². The fourth-order valence-corrected chi connectivity index (χ4v) is 2.82. The van der Waals surface area contributed by atoms with Crippen LogP contribution in [0.5, 0.6) is 0 Å². The van der Waals surface area contributed by atoms with Gasteiger partial charge in [0.2, 0.25) is 0 Å². The van der Waals surface area contributed by atoms with Crippen LogP contribution in [0.15, 0.2) is 24.5 Å². The normalized spacial score (nSPS) is 18.4. The molecule has 1 aromatic heterocycles. The van der Waals surface area contributed by atoms with Crippen molar-refractivity contribution in [2.24, 2.45) is 5.92 Å². The summed E-state index contributed by atoms with van der Waals surface area (Å²) in [6, 6.07) is 4.89. The second-order valence-corrected chi connectivity index (χ2v) is 5.40. The number of nitrogens with zero attached hydrogens (tertiary/aromatic N) is 1. The Morgan fingerprint density at radius 3 is 2.74 bits per heavy atom. The molecule has 1 N–H and O–H groups in total. The summed E-state index contributed by atoms with van der Waals surface area (Å²) in [5.41, 5.74) is 1.39. The average molecular weight is 262 g/mol. The first-order valence-electron chi connectivity index (χ1n) is 7.60. The lowest BCUT2D eigenvalue weighted by Crippen LogP contribution is -2.39. The van der Waals surface area contributed by atoms with E-state index in [9.17, 15) is 0 Å². The molecule has 0 radical (unpaired) electrons. The molecule has 19 heavy (non-hydrogen) atoms. The molecule has 0 saturated carbocycles. The predicted molar refractivity (Wildman–Crippen MR) is 78.2 cm³/mol. The van der Waals surface area contributed by atoms with Gasteiger partial charge in [0.25, 0.3) is 0 Å². The SMILES string of the molecule is CCCNC(CCc1ccncc1)C1CCOCC1. The van der Waals surface area contributed by atoms with E-state index in [0.717, 1.165) is 32.1 Å². The highest BCUT2D eigenvalue weighted by molar-refractivity contribution is 5.10. The monoisotopic (exact) mass is 262 g/mol. The zero-order chi connectivity index (χ0) is 13.3. The molecule has 1 aliphatic heterocycles. The number of pyridine rings is 1. The van der Waals surface area contributed by atoms with E-state index in [-0.39, 0.29) is 0 Å². The molecule has 1 atom stereocenters. The lowest BCUT2D eigenvalue weighted by Gasteiger charge is -2.31. The fraction of sp³-hybridized carbons (Fsp3) is 0.688. The molecule has 1 saturated heterocycles. The molecule has 3 heteroatoms. The molecule has 0 aromatic carbocycles. The van der Waals surface area contributed by atoms with Crippen LogP contribution in [-0.2, 0) is 11.2 Å². The molecule has 106 valence electrons. The maximum Gasteiger partial charge on any atom is 0.0469 e. The van der Waals surface area contributed by atoms with Gasteiger partial charge in [0.05, 0.1) is 0 Å². The molecular weight excluding hydrogens is 236 g/mol. The van der Waals surface area contributed by atoms with Crippen molar-refractivity contribution in [1.29, 1.82) is 0 Å². The van der Waals surface area contributed by atoms with Crippen molar-refractivity contribution in [3.63, 3.8) is 0 Å². The zero-order valence-electron chi connectivity index (χ0n) is 12.0. The molecule has 0 amide bonds. The standard InChI is InChI=1S/C16H26N2O/c1-2-9-18-16(15-7-12-19-13-8-15)4-3-14-5-10-17-11-6-14/h5-6,10-11,15-16,18H,2-4,7-9,12-13H2,1H3. The molecule has 1 aromatic rings. The molecule has 2 heterocycles. The Hall–Kier alpha value is -0.930. The van der Waals surface area contributed by atoms with Gasteiger partial charge in [0.15, 0.2) is 0 Å². The molecule has 1 unspecified atom stereocenters. The number of ether oxygens (including phenoxy) is 1. The predicted octanol–water partition coefficient (Wildman–Crippen LogP) is 2.81. The van der Waals surface area contributed by atoms with Crippen molar-refractivity contribution in [2.75, 3.05) is 19.8 Å². The maximum atomic E-state index is 5.48. The minimum Gasteiger partial charge on any atom is -0.381 e. The van der Waals surface area contributed by atoms with E-state index >= 15 is 0 Å². The van der Waals surface area contributed by atoms with E-state index in [1.54, 1.807) is 0 Å². The summed E-state index contributed by atoms with van der Waals surface area (Å²) < 4.78 is 5.48. The van der Waals surface area contributed by atoms with Crippen molar-refractivity contribution in [2.45, 2.75) is 45.1 Å². The van der Waals surface area contributed by atoms with E-state index in [1.165, 1.54) is 31.2 Å². The van der Waals surface area contributed by atoms with Gasteiger partial charge >= 0.3 is 0 Å². The summed E-state index contributed by atoms with van der Waals surface area (Å²) in [5, 5.41) is 3.74. The average Bonchev–Trinajstić information content (AvgIpc) is 2.49. The summed E-state index contributed by atoms with van der Waals surface area (Å²) in [6.45, 7) is 5.23. The second kappa shape index (κ2) is 8.28. The van der Waals surface area contributed by atoms with Crippen LogP contribution in [0.1, 0.15) is 38.2 Å². The van der Waals surface area contributed by atoms with Crippen molar-refractivity contribution in [1.82, 2.24) is 10.3 Å². The largest absolute Gasteiger partial charge is 0.381 e. The number of hydrogen-bond acceptors (Lipinski definition) is 3. The Balaban J connectivity index is 1.85. The Morgan fingerprint density at radius 1 is 1.32 bits per heavy atom. The Kier molecular flexibility index (Phi) is 6.31. The molecule has 0 spiro atoms. The first-order valence-corrected chi connectivity index (χ1v) is 7.60. The summed E-state index contributed by atoms with van der Waals surface area (Å²) in [7, 11) is 0. The highest BCUT2D eigenvalue weighted by Gasteiger charge is 2.23. The minimum atomic E-state index is 0.636. The topological polar surface area (TPSA) is 34.2 Å². The Morgan fingerprint density at radius 2 is 2.05 bits per heavy atom. The molecule has 0 bridgehead atoms. The molecule has 0 aliphatic carbocycles. The lowest BCUT2D eigenvalue weighted by molar-refractivity contribution is 0.0526. The third-order valence-electron chi connectivity index (χ3n) is 3.98. The van der Waals surface area contributed by atoms with Crippen molar-refractivity contribution >= 4 is 0 Å². The third kappa shape index (κ3) is 4.92. The molecule has 2 rings (SSSR count). The summed E-state index contributed by atoms with van der Waals surface area (Å²) in [6.07, 6.45) is 9.75. The van der Waals surface area contributed by atoms with Crippen LogP contribution in [0.3, 0.4) is 0 Å². The minimum absolute atomic E-state index is 0.636. The first-order chi connectivity index (χ1) is 9.40. The van der Waals surface area contributed by atoms with Crippen LogP contribution in [-0.4, -0.2) is 30.8 Å². The van der Waals surface area contributed by atoms with E-state index in [2.05, 4.69) is 29.4 Å². The van der Waals surface area contributed by atoms with Gasteiger partial charge in [0.1, 0.15) is 0 Å². The van der Waals surface area contributed by atoms with Crippen LogP contribution in [0.4, 0.5) is 0 Å². The number of aryl methyl sites for hydroxylation is 1. The van der Waals surface area contributed by atoms with E-state index < -0.39 is 0 Å². The van der Waals surface area contributed by atoms with Gasteiger partial charge in [-0.25, -0.2) is 0 Å². The molecular formula is C16H26N2O. The van der Waals surface area contributed by atoms with Crippen molar-refractivity contribution in [3.05, 3.63) is 30.1 Å². The number of hydrogen-bond donors (Lipinski definition) is 1. The van der Waals surface area contributed by atoms with Crippen molar-refractivity contribution < 1.29 is 4.74 Å². The number of aromatic nitrogens is 1. The number of rotatable bonds is 7. The van der Waals surface area contributed by atoms with Crippen LogP contribution in [0.2, 0.25) is 0 Å². The van der Waals surface area contributed by atoms with E-state index in [0.29, 0.717) is 6.04 Å². The third-order valence-corrected chi connectivity index (χ3v) is 3.98. The lowest BCUT2D eigenvalue weighted by atomic mass is 9.88. The van der Waals surface area contributed by atoms with E-state index in [1.807, 2.05) is 12.4 Å². The van der Waals surface area contributed by atoms with Gasteiger partial charge in [-0.3, -0.25) is 4.98 Å². The molecule has 1 aliphatic rings. The van der Waals surface area contributed by atoms with Gasteiger partial charge in [-0.2, -0.15) is 0 Å². The highest BCUT2D eigenvalue weighted by atomic mass is 16.5. The van der Waals surface area contributed by atoms with Gasteiger partial charge in [-0.1, -0.05) is 6.92 Å².